The standard InChI is InChI=1S/C21H16N4OS/c1-14-7-2-4-10-16(14)20-22-23-21-25(20)24-19(27-21)13-26-18-12-6-9-15-8-3-5-11-17(15)18/h2-12H,13H2,1H3. The van der Waals surface area contributed by atoms with Crippen LogP contribution in [0.3, 0.4) is 0 Å². The topological polar surface area (TPSA) is 52.3 Å². The van der Waals surface area contributed by atoms with Gasteiger partial charge in [0, 0.05) is 10.9 Å². The molecule has 0 radical (unpaired) electrons. The fraction of sp³-hybridized carbons (Fsp3) is 0.0952. The Morgan fingerprint density at radius 2 is 1.74 bits per heavy atom. The Bertz CT molecular complexity index is 1250. The number of nitrogens with zero attached hydrogens (tertiary/aromatic N) is 4. The van der Waals surface area contributed by atoms with E-state index in [-0.39, 0.29) is 0 Å². The van der Waals surface area contributed by atoms with Gasteiger partial charge in [0.15, 0.2) is 10.8 Å². The van der Waals surface area contributed by atoms with Crippen molar-refractivity contribution in [1.82, 2.24) is 19.8 Å². The van der Waals surface area contributed by atoms with Crippen LogP contribution in [0.2, 0.25) is 0 Å². The number of hydrogen-bond donors (Lipinski definition) is 0. The molecule has 0 fully saturated rings. The summed E-state index contributed by atoms with van der Waals surface area (Å²) in [4.78, 5) is 0.768. The summed E-state index contributed by atoms with van der Waals surface area (Å²) in [5.41, 5.74) is 2.19. The summed E-state index contributed by atoms with van der Waals surface area (Å²) in [6, 6.07) is 22.4. The van der Waals surface area contributed by atoms with Gasteiger partial charge in [0.25, 0.3) is 0 Å². The molecule has 5 aromatic rings. The van der Waals surface area contributed by atoms with E-state index in [0.717, 1.165) is 43.4 Å². The number of aryl methyl sites for hydroxylation is 1. The first kappa shape index (κ1) is 16.0. The summed E-state index contributed by atoms with van der Waals surface area (Å²) < 4.78 is 7.86. The first-order chi connectivity index (χ1) is 13.3. The summed E-state index contributed by atoms with van der Waals surface area (Å²) in [6.45, 7) is 2.46. The normalized spacial score (nSPS) is 11.3. The van der Waals surface area contributed by atoms with Gasteiger partial charge in [-0.15, -0.1) is 10.2 Å². The Kier molecular flexibility index (Phi) is 3.83. The SMILES string of the molecule is Cc1ccccc1-c1nnc2sc(COc3cccc4ccccc34)nn12. The molecule has 0 amide bonds. The van der Waals surface area contributed by atoms with Crippen molar-refractivity contribution in [2.75, 3.05) is 0 Å². The van der Waals surface area contributed by atoms with Gasteiger partial charge in [0.2, 0.25) is 4.96 Å². The molecule has 0 spiro atoms. The minimum atomic E-state index is 0.398. The molecule has 3 aromatic carbocycles. The lowest BCUT2D eigenvalue weighted by atomic mass is 10.1. The molecule has 0 saturated carbocycles. The van der Waals surface area contributed by atoms with E-state index in [9.17, 15) is 0 Å². The first-order valence-corrected chi connectivity index (χ1v) is 9.49. The van der Waals surface area contributed by atoms with Crippen molar-refractivity contribution in [2.24, 2.45) is 0 Å². The Balaban J connectivity index is 1.46. The van der Waals surface area contributed by atoms with Gasteiger partial charge in [0.05, 0.1) is 0 Å². The Labute approximate surface area is 159 Å². The molecule has 2 aromatic heterocycles. The van der Waals surface area contributed by atoms with Gasteiger partial charge >= 0.3 is 0 Å². The molecule has 2 heterocycles. The predicted molar refractivity (Wildman–Crippen MR) is 107 cm³/mol. The van der Waals surface area contributed by atoms with Gasteiger partial charge in [-0.2, -0.15) is 9.61 Å². The van der Waals surface area contributed by atoms with E-state index >= 15 is 0 Å². The summed E-state index contributed by atoms with van der Waals surface area (Å²) >= 11 is 1.50. The van der Waals surface area contributed by atoms with Crippen LogP contribution in [0.5, 0.6) is 5.75 Å². The van der Waals surface area contributed by atoms with Crippen LogP contribution in [-0.4, -0.2) is 19.8 Å². The Morgan fingerprint density at radius 1 is 0.926 bits per heavy atom. The predicted octanol–water partition coefficient (Wildman–Crippen LogP) is 4.89. The van der Waals surface area contributed by atoms with Crippen molar-refractivity contribution in [3.8, 4) is 17.1 Å². The highest BCUT2D eigenvalue weighted by atomic mass is 32.1. The monoisotopic (exact) mass is 372 g/mol. The van der Waals surface area contributed by atoms with Gasteiger partial charge in [-0.1, -0.05) is 72.0 Å². The van der Waals surface area contributed by atoms with Crippen LogP contribution in [0.25, 0.3) is 27.1 Å². The molecular formula is C21H16N4OS. The molecule has 132 valence electrons. The van der Waals surface area contributed by atoms with Gasteiger partial charge < -0.3 is 4.74 Å². The molecule has 0 unspecified atom stereocenters. The van der Waals surface area contributed by atoms with Gasteiger partial charge in [0.1, 0.15) is 12.4 Å². The van der Waals surface area contributed by atoms with Gasteiger partial charge in [-0.05, 0) is 23.9 Å². The van der Waals surface area contributed by atoms with Crippen LogP contribution in [0.4, 0.5) is 0 Å². The van der Waals surface area contributed by atoms with Crippen LogP contribution in [0.15, 0.2) is 66.7 Å². The van der Waals surface area contributed by atoms with E-state index in [2.05, 4.69) is 46.5 Å². The van der Waals surface area contributed by atoms with Crippen LogP contribution in [0.1, 0.15) is 10.6 Å². The number of hydrogen-bond acceptors (Lipinski definition) is 5. The third-order valence-corrected chi connectivity index (χ3v) is 5.39. The van der Waals surface area contributed by atoms with Crippen LogP contribution >= 0.6 is 11.3 Å². The second kappa shape index (κ2) is 6.48. The Hall–Kier alpha value is -3.25. The minimum absolute atomic E-state index is 0.398. The zero-order chi connectivity index (χ0) is 18.2. The van der Waals surface area contributed by atoms with E-state index in [1.165, 1.54) is 11.3 Å². The van der Waals surface area contributed by atoms with Crippen molar-refractivity contribution in [2.45, 2.75) is 13.5 Å². The van der Waals surface area contributed by atoms with Crippen molar-refractivity contribution < 1.29 is 4.74 Å². The molecule has 0 atom stereocenters. The van der Waals surface area contributed by atoms with E-state index in [1.54, 1.807) is 4.52 Å². The summed E-state index contributed by atoms with van der Waals surface area (Å²) in [7, 11) is 0. The van der Waals surface area contributed by atoms with Gasteiger partial charge in [-0.25, -0.2) is 0 Å². The fourth-order valence-electron chi connectivity index (χ4n) is 3.17. The maximum absolute atomic E-state index is 6.06. The third kappa shape index (κ3) is 2.84. The number of ether oxygens (including phenoxy) is 1. The second-order valence-electron chi connectivity index (χ2n) is 6.29. The third-order valence-electron chi connectivity index (χ3n) is 4.52. The molecule has 0 saturated heterocycles. The highest BCUT2D eigenvalue weighted by Gasteiger charge is 2.15. The minimum Gasteiger partial charge on any atom is -0.486 e. The molecule has 0 aliphatic rings. The number of rotatable bonds is 4. The number of aromatic nitrogens is 4. The second-order valence-corrected chi connectivity index (χ2v) is 7.34. The van der Waals surface area contributed by atoms with E-state index in [0.29, 0.717) is 6.61 Å². The van der Waals surface area contributed by atoms with Crippen LogP contribution in [0, 0.1) is 6.92 Å². The van der Waals surface area contributed by atoms with E-state index < -0.39 is 0 Å². The molecule has 6 heteroatoms. The number of benzene rings is 3. The zero-order valence-electron chi connectivity index (χ0n) is 14.7. The number of fused-ring (bicyclic) bond motifs is 2. The smallest absolute Gasteiger partial charge is 0.235 e. The molecule has 27 heavy (non-hydrogen) atoms. The summed E-state index contributed by atoms with van der Waals surface area (Å²) in [6.07, 6.45) is 0. The van der Waals surface area contributed by atoms with Crippen molar-refractivity contribution in [3.63, 3.8) is 0 Å². The van der Waals surface area contributed by atoms with Crippen molar-refractivity contribution >= 4 is 27.1 Å². The van der Waals surface area contributed by atoms with Crippen molar-refractivity contribution in [1.29, 1.82) is 0 Å². The highest BCUT2D eigenvalue weighted by molar-refractivity contribution is 7.16. The van der Waals surface area contributed by atoms with Crippen LogP contribution in [-0.2, 0) is 6.61 Å². The van der Waals surface area contributed by atoms with Crippen molar-refractivity contribution in [3.05, 3.63) is 77.3 Å². The molecule has 0 aliphatic carbocycles. The zero-order valence-corrected chi connectivity index (χ0v) is 15.5. The Morgan fingerprint density at radius 3 is 2.67 bits per heavy atom. The maximum atomic E-state index is 6.06. The maximum Gasteiger partial charge on any atom is 0.235 e. The van der Waals surface area contributed by atoms with E-state index in [1.807, 2.05) is 42.5 Å². The summed E-state index contributed by atoms with van der Waals surface area (Å²) in [5, 5.41) is 16.4. The molecule has 0 aliphatic heterocycles. The largest absolute Gasteiger partial charge is 0.486 e. The lowest BCUT2D eigenvalue weighted by molar-refractivity contribution is 0.308. The quantitative estimate of drug-likeness (QED) is 0.450. The molecule has 5 nitrogen and oxygen atoms in total. The molecule has 5 rings (SSSR count). The highest BCUT2D eigenvalue weighted by Crippen LogP contribution is 2.28. The van der Waals surface area contributed by atoms with E-state index in [4.69, 9.17) is 4.74 Å². The van der Waals surface area contributed by atoms with Gasteiger partial charge in [-0.3, -0.25) is 0 Å². The molecular weight excluding hydrogens is 356 g/mol. The lowest BCUT2D eigenvalue weighted by Gasteiger charge is -2.07. The first-order valence-electron chi connectivity index (χ1n) is 8.67. The van der Waals surface area contributed by atoms with Crippen LogP contribution < -0.4 is 4.74 Å². The fourth-order valence-corrected chi connectivity index (χ4v) is 3.91. The summed E-state index contributed by atoms with van der Waals surface area (Å²) in [5.74, 6) is 1.62. The lowest BCUT2D eigenvalue weighted by Crippen LogP contribution is -1.98. The average Bonchev–Trinajstić information content (AvgIpc) is 3.27. The average molecular weight is 372 g/mol. The molecule has 0 N–H and O–H groups in total. The molecule has 0 bridgehead atoms.